The van der Waals surface area contributed by atoms with Crippen molar-refractivity contribution in [1.29, 1.82) is 0 Å². The van der Waals surface area contributed by atoms with E-state index in [0.29, 0.717) is 11.6 Å². The Morgan fingerprint density at radius 2 is 2.09 bits per heavy atom. The standard InChI is InChI=1S/C17H21N3O3/c1-11-18-16(20(19-11)10-15(21)22)17(2,3)23-14-8-7-12-5-4-6-13(12)9-14/h7-9H,4-6,10H2,1-3H3,(H,21,22). The molecule has 1 aliphatic rings. The van der Waals surface area contributed by atoms with Gasteiger partial charge in [0.1, 0.15) is 18.1 Å². The van der Waals surface area contributed by atoms with Crippen LogP contribution >= 0.6 is 0 Å². The summed E-state index contributed by atoms with van der Waals surface area (Å²) in [6, 6.07) is 6.16. The number of benzene rings is 1. The molecule has 1 aliphatic carbocycles. The number of carbonyl (C=O) groups is 1. The van der Waals surface area contributed by atoms with E-state index in [9.17, 15) is 4.79 Å². The predicted molar refractivity (Wildman–Crippen MR) is 84.5 cm³/mol. The van der Waals surface area contributed by atoms with Gasteiger partial charge in [-0.1, -0.05) is 6.07 Å². The summed E-state index contributed by atoms with van der Waals surface area (Å²) in [7, 11) is 0. The fourth-order valence-corrected chi connectivity index (χ4v) is 3.09. The highest BCUT2D eigenvalue weighted by Crippen LogP contribution is 2.31. The van der Waals surface area contributed by atoms with E-state index in [-0.39, 0.29) is 6.54 Å². The Balaban J connectivity index is 1.88. The van der Waals surface area contributed by atoms with E-state index in [4.69, 9.17) is 9.84 Å². The zero-order chi connectivity index (χ0) is 16.6. The second-order valence-electron chi connectivity index (χ2n) is 6.43. The van der Waals surface area contributed by atoms with Crippen LogP contribution in [0, 0.1) is 6.92 Å². The lowest BCUT2D eigenvalue weighted by molar-refractivity contribution is -0.138. The van der Waals surface area contributed by atoms with Crippen molar-refractivity contribution in [3.63, 3.8) is 0 Å². The number of nitrogens with zero attached hydrogens (tertiary/aromatic N) is 3. The molecule has 0 saturated carbocycles. The Morgan fingerprint density at radius 1 is 1.35 bits per heavy atom. The molecule has 0 spiro atoms. The van der Waals surface area contributed by atoms with Crippen molar-refractivity contribution in [2.75, 3.05) is 0 Å². The Hall–Kier alpha value is -2.37. The maximum absolute atomic E-state index is 11.0. The van der Waals surface area contributed by atoms with E-state index in [0.717, 1.165) is 18.6 Å². The molecule has 1 heterocycles. The van der Waals surface area contributed by atoms with Crippen LogP contribution in [-0.2, 0) is 29.8 Å². The van der Waals surface area contributed by atoms with Crippen molar-refractivity contribution in [3.8, 4) is 5.75 Å². The lowest BCUT2D eigenvalue weighted by Gasteiger charge is -2.26. The third-order valence-corrected chi connectivity index (χ3v) is 4.04. The number of fused-ring (bicyclic) bond motifs is 1. The molecule has 1 aromatic heterocycles. The van der Waals surface area contributed by atoms with Gasteiger partial charge in [0.15, 0.2) is 11.4 Å². The van der Waals surface area contributed by atoms with Gasteiger partial charge in [-0.15, -0.1) is 0 Å². The SMILES string of the molecule is Cc1nc(C(C)(C)Oc2ccc3c(c2)CCC3)n(CC(=O)O)n1. The summed E-state index contributed by atoms with van der Waals surface area (Å²) in [6.45, 7) is 5.27. The van der Waals surface area contributed by atoms with Crippen molar-refractivity contribution < 1.29 is 14.6 Å². The molecule has 0 unspecified atom stereocenters. The number of aliphatic carboxylic acids is 1. The first-order chi connectivity index (χ1) is 10.8. The molecule has 1 N–H and O–H groups in total. The largest absolute Gasteiger partial charge is 0.480 e. The molecule has 23 heavy (non-hydrogen) atoms. The summed E-state index contributed by atoms with van der Waals surface area (Å²) >= 11 is 0. The first-order valence-electron chi connectivity index (χ1n) is 7.80. The van der Waals surface area contributed by atoms with Gasteiger partial charge in [0.25, 0.3) is 0 Å². The maximum atomic E-state index is 11.0. The Bertz CT molecular complexity index is 750. The topological polar surface area (TPSA) is 77.2 Å². The number of hydrogen-bond acceptors (Lipinski definition) is 4. The van der Waals surface area contributed by atoms with Crippen LogP contribution in [0.15, 0.2) is 18.2 Å². The van der Waals surface area contributed by atoms with Crippen molar-refractivity contribution in [3.05, 3.63) is 41.0 Å². The van der Waals surface area contributed by atoms with Crippen LogP contribution in [0.2, 0.25) is 0 Å². The minimum atomic E-state index is -0.954. The average molecular weight is 315 g/mol. The van der Waals surface area contributed by atoms with E-state index in [1.54, 1.807) is 6.92 Å². The predicted octanol–water partition coefficient (Wildman–Crippen LogP) is 2.47. The number of aromatic nitrogens is 3. The highest BCUT2D eigenvalue weighted by Gasteiger charge is 2.30. The molecule has 6 nitrogen and oxygen atoms in total. The molecule has 0 radical (unpaired) electrons. The van der Waals surface area contributed by atoms with Gasteiger partial charge in [-0.05, 0) is 63.3 Å². The molecular formula is C17H21N3O3. The summed E-state index contributed by atoms with van der Waals surface area (Å²) in [5, 5.41) is 13.2. The lowest BCUT2D eigenvalue weighted by atomic mass is 10.1. The third kappa shape index (κ3) is 3.21. The first kappa shape index (κ1) is 15.5. The zero-order valence-electron chi connectivity index (χ0n) is 13.7. The van der Waals surface area contributed by atoms with Crippen LogP contribution in [0.25, 0.3) is 0 Å². The first-order valence-corrected chi connectivity index (χ1v) is 7.80. The summed E-state index contributed by atoms with van der Waals surface area (Å²) in [6.07, 6.45) is 3.40. The van der Waals surface area contributed by atoms with Gasteiger partial charge in [-0.2, -0.15) is 5.10 Å². The number of hydrogen-bond donors (Lipinski definition) is 1. The molecule has 2 aromatic rings. The molecule has 0 bridgehead atoms. The Labute approximate surface area is 135 Å². The number of rotatable bonds is 5. The zero-order valence-corrected chi connectivity index (χ0v) is 13.7. The molecule has 0 aliphatic heterocycles. The molecule has 122 valence electrons. The number of ether oxygens (including phenoxy) is 1. The second kappa shape index (κ2) is 5.68. The highest BCUT2D eigenvalue weighted by molar-refractivity contribution is 5.66. The maximum Gasteiger partial charge on any atom is 0.325 e. The van der Waals surface area contributed by atoms with Crippen LogP contribution in [-0.4, -0.2) is 25.8 Å². The van der Waals surface area contributed by atoms with Gasteiger partial charge in [-0.25, -0.2) is 9.67 Å². The van der Waals surface area contributed by atoms with Gasteiger partial charge in [0.05, 0.1) is 0 Å². The average Bonchev–Trinajstić information content (AvgIpc) is 3.04. The molecule has 0 fully saturated rings. The number of aryl methyl sites for hydroxylation is 3. The molecule has 0 atom stereocenters. The quantitative estimate of drug-likeness (QED) is 0.917. The van der Waals surface area contributed by atoms with Crippen molar-refractivity contribution >= 4 is 5.97 Å². The van der Waals surface area contributed by atoms with Gasteiger partial charge in [-0.3, -0.25) is 4.79 Å². The van der Waals surface area contributed by atoms with Crippen molar-refractivity contribution in [2.24, 2.45) is 0 Å². The highest BCUT2D eigenvalue weighted by atomic mass is 16.5. The second-order valence-corrected chi connectivity index (χ2v) is 6.43. The van der Waals surface area contributed by atoms with Crippen molar-refractivity contribution in [1.82, 2.24) is 14.8 Å². The van der Waals surface area contributed by atoms with Crippen LogP contribution in [0.3, 0.4) is 0 Å². The van der Waals surface area contributed by atoms with E-state index >= 15 is 0 Å². The van der Waals surface area contributed by atoms with Gasteiger partial charge in [0, 0.05) is 0 Å². The van der Waals surface area contributed by atoms with E-state index in [1.807, 2.05) is 19.9 Å². The normalized spacial score (nSPS) is 13.9. The van der Waals surface area contributed by atoms with Crippen molar-refractivity contribution in [2.45, 2.75) is 52.2 Å². The molecule has 3 rings (SSSR count). The fraction of sp³-hybridized carbons (Fsp3) is 0.471. The van der Waals surface area contributed by atoms with Crippen LogP contribution < -0.4 is 4.74 Å². The summed E-state index contributed by atoms with van der Waals surface area (Å²) in [5.41, 5.74) is 1.95. The van der Waals surface area contributed by atoms with Crippen LogP contribution in [0.1, 0.15) is 43.0 Å². The monoisotopic (exact) mass is 315 g/mol. The summed E-state index contributed by atoms with van der Waals surface area (Å²) < 4.78 is 7.53. The number of carboxylic acids is 1. The molecule has 1 aromatic carbocycles. The number of carboxylic acid groups (broad SMARTS) is 1. The fourth-order valence-electron chi connectivity index (χ4n) is 3.09. The third-order valence-electron chi connectivity index (χ3n) is 4.04. The minimum Gasteiger partial charge on any atom is -0.480 e. The molecule has 0 saturated heterocycles. The Morgan fingerprint density at radius 3 is 2.83 bits per heavy atom. The van der Waals surface area contributed by atoms with Gasteiger partial charge in [0.2, 0.25) is 0 Å². The smallest absolute Gasteiger partial charge is 0.325 e. The van der Waals surface area contributed by atoms with Crippen LogP contribution in [0.4, 0.5) is 0 Å². The van der Waals surface area contributed by atoms with E-state index < -0.39 is 11.6 Å². The summed E-state index contributed by atoms with van der Waals surface area (Å²) in [5.74, 6) is 0.868. The molecule has 0 amide bonds. The minimum absolute atomic E-state index is 0.229. The van der Waals surface area contributed by atoms with Crippen LogP contribution in [0.5, 0.6) is 5.75 Å². The molecule has 6 heteroatoms. The van der Waals surface area contributed by atoms with Gasteiger partial charge < -0.3 is 9.84 Å². The van der Waals surface area contributed by atoms with E-state index in [2.05, 4.69) is 22.2 Å². The van der Waals surface area contributed by atoms with E-state index in [1.165, 1.54) is 22.2 Å². The summed E-state index contributed by atoms with van der Waals surface area (Å²) in [4.78, 5) is 15.4. The lowest BCUT2D eigenvalue weighted by Crippen LogP contribution is -2.31. The molecular weight excluding hydrogens is 294 g/mol. The van der Waals surface area contributed by atoms with Gasteiger partial charge >= 0.3 is 5.97 Å². The Kier molecular flexibility index (Phi) is 3.83.